The van der Waals surface area contributed by atoms with Crippen LogP contribution in [0.4, 0.5) is 0 Å². The molecule has 0 aromatic rings. The molecule has 5 nitrogen and oxygen atoms in total. The van der Waals surface area contributed by atoms with Crippen molar-refractivity contribution in [1.82, 2.24) is 10.2 Å². The molecule has 3 atom stereocenters. The molecule has 1 N–H and O–H groups in total. The Morgan fingerprint density at radius 2 is 2.16 bits per heavy atom. The van der Waals surface area contributed by atoms with Crippen molar-refractivity contribution in [1.29, 1.82) is 0 Å². The van der Waals surface area contributed by atoms with Gasteiger partial charge in [-0.05, 0) is 45.8 Å². The van der Waals surface area contributed by atoms with E-state index in [9.17, 15) is 0 Å². The molecule has 0 aliphatic carbocycles. The van der Waals surface area contributed by atoms with Crippen LogP contribution in [0.15, 0.2) is 5.16 Å². The first-order valence-corrected chi connectivity index (χ1v) is 7.65. The van der Waals surface area contributed by atoms with Gasteiger partial charge in [-0.25, -0.2) is 0 Å². The smallest absolute Gasteiger partial charge is 0.230 e. The Morgan fingerprint density at radius 1 is 1.32 bits per heavy atom. The van der Waals surface area contributed by atoms with Crippen LogP contribution in [0, 0.1) is 5.92 Å². The third-order valence-corrected chi connectivity index (χ3v) is 4.46. The SMILES string of the molecule is CC1NCCC1C1=NOCC(CN2CCCCC2)O1. The molecule has 3 rings (SSSR count). The zero-order valence-electron chi connectivity index (χ0n) is 11.8. The Labute approximate surface area is 115 Å². The third kappa shape index (κ3) is 3.20. The van der Waals surface area contributed by atoms with Gasteiger partial charge >= 0.3 is 0 Å². The van der Waals surface area contributed by atoms with E-state index < -0.39 is 0 Å². The summed E-state index contributed by atoms with van der Waals surface area (Å²) in [6, 6.07) is 0.441. The van der Waals surface area contributed by atoms with Crippen LogP contribution >= 0.6 is 0 Å². The van der Waals surface area contributed by atoms with Gasteiger partial charge in [0.15, 0.2) is 6.61 Å². The Morgan fingerprint density at radius 3 is 2.89 bits per heavy atom. The minimum absolute atomic E-state index is 0.151. The summed E-state index contributed by atoms with van der Waals surface area (Å²) >= 11 is 0. The Kier molecular flexibility index (Phi) is 4.23. The molecular formula is C14H25N3O2. The van der Waals surface area contributed by atoms with Crippen LogP contribution in [0.2, 0.25) is 0 Å². The predicted octanol–water partition coefficient (Wildman–Crippen LogP) is 1.20. The van der Waals surface area contributed by atoms with E-state index in [1.165, 1.54) is 32.4 Å². The lowest BCUT2D eigenvalue weighted by atomic mass is 10.0. The molecular weight excluding hydrogens is 242 g/mol. The largest absolute Gasteiger partial charge is 0.470 e. The summed E-state index contributed by atoms with van der Waals surface area (Å²) in [5.41, 5.74) is 0. The summed E-state index contributed by atoms with van der Waals surface area (Å²) in [6.45, 7) is 7.21. The molecule has 0 aromatic heterocycles. The summed E-state index contributed by atoms with van der Waals surface area (Å²) in [7, 11) is 0. The first-order valence-electron chi connectivity index (χ1n) is 7.65. The van der Waals surface area contributed by atoms with Crippen LogP contribution in [0.5, 0.6) is 0 Å². The topological polar surface area (TPSA) is 46.1 Å². The van der Waals surface area contributed by atoms with Gasteiger partial charge in [-0.2, -0.15) is 0 Å². The highest BCUT2D eigenvalue weighted by Gasteiger charge is 2.33. The first-order chi connectivity index (χ1) is 9.33. The van der Waals surface area contributed by atoms with E-state index in [0.717, 1.165) is 25.4 Å². The fourth-order valence-corrected chi connectivity index (χ4v) is 3.28. The van der Waals surface area contributed by atoms with Crippen molar-refractivity contribution in [3.05, 3.63) is 0 Å². The number of ether oxygens (including phenoxy) is 1. The highest BCUT2D eigenvalue weighted by molar-refractivity contribution is 5.79. The second-order valence-corrected chi connectivity index (χ2v) is 5.96. The van der Waals surface area contributed by atoms with E-state index in [-0.39, 0.29) is 6.10 Å². The van der Waals surface area contributed by atoms with Crippen LogP contribution < -0.4 is 5.32 Å². The van der Waals surface area contributed by atoms with Crippen LogP contribution in [0.25, 0.3) is 0 Å². The van der Waals surface area contributed by atoms with Crippen LogP contribution in [-0.4, -0.2) is 55.7 Å². The molecule has 19 heavy (non-hydrogen) atoms. The van der Waals surface area contributed by atoms with Gasteiger partial charge in [0.25, 0.3) is 0 Å². The maximum Gasteiger partial charge on any atom is 0.230 e. The normalized spacial score (nSPS) is 36.5. The maximum atomic E-state index is 6.09. The van der Waals surface area contributed by atoms with Gasteiger partial charge in [-0.15, -0.1) is 0 Å². The molecule has 0 bridgehead atoms. The third-order valence-electron chi connectivity index (χ3n) is 4.46. The molecule has 2 fully saturated rings. The number of oxime groups is 1. The second-order valence-electron chi connectivity index (χ2n) is 5.96. The fourth-order valence-electron chi connectivity index (χ4n) is 3.28. The van der Waals surface area contributed by atoms with Gasteiger partial charge in [0.05, 0.1) is 5.92 Å². The van der Waals surface area contributed by atoms with E-state index in [0.29, 0.717) is 18.6 Å². The van der Waals surface area contributed by atoms with Crippen molar-refractivity contribution in [3.63, 3.8) is 0 Å². The summed E-state index contributed by atoms with van der Waals surface area (Å²) in [4.78, 5) is 7.90. The average molecular weight is 267 g/mol. The minimum Gasteiger partial charge on any atom is -0.470 e. The first kappa shape index (κ1) is 13.2. The molecule has 3 aliphatic heterocycles. The van der Waals surface area contributed by atoms with Gasteiger partial charge in [0.2, 0.25) is 5.90 Å². The minimum atomic E-state index is 0.151. The number of piperidine rings is 1. The lowest BCUT2D eigenvalue weighted by Gasteiger charge is -2.33. The molecule has 108 valence electrons. The Hall–Kier alpha value is -0.810. The zero-order valence-corrected chi connectivity index (χ0v) is 11.8. The van der Waals surface area contributed by atoms with E-state index >= 15 is 0 Å². The number of hydrogen-bond donors (Lipinski definition) is 1. The summed E-state index contributed by atoms with van der Waals surface area (Å²) in [5, 5.41) is 7.58. The number of hydrogen-bond acceptors (Lipinski definition) is 5. The van der Waals surface area contributed by atoms with E-state index in [1.54, 1.807) is 0 Å². The van der Waals surface area contributed by atoms with E-state index in [4.69, 9.17) is 9.57 Å². The molecule has 5 heteroatoms. The van der Waals surface area contributed by atoms with Crippen molar-refractivity contribution in [3.8, 4) is 0 Å². The number of likely N-dealkylation sites (tertiary alicyclic amines) is 1. The van der Waals surface area contributed by atoms with Crippen molar-refractivity contribution in [2.24, 2.45) is 11.1 Å². The van der Waals surface area contributed by atoms with Gasteiger partial charge in [-0.3, -0.25) is 4.90 Å². The molecule has 3 heterocycles. The van der Waals surface area contributed by atoms with E-state index in [1.807, 2.05) is 0 Å². The van der Waals surface area contributed by atoms with Gasteiger partial charge in [0, 0.05) is 12.6 Å². The summed E-state index contributed by atoms with van der Waals surface area (Å²) < 4.78 is 6.09. The molecule has 0 saturated carbocycles. The maximum absolute atomic E-state index is 6.09. The molecule has 0 radical (unpaired) electrons. The van der Waals surface area contributed by atoms with Crippen LogP contribution in [-0.2, 0) is 9.57 Å². The monoisotopic (exact) mass is 267 g/mol. The quantitative estimate of drug-likeness (QED) is 0.834. The molecule has 0 aromatic carbocycles. The van der Waals surface area contributed by atoms with Gasteiger partial charge in [-0.1, -0.05) is 11.6 Å². The highest BCUT2D eigenvalue weighted by atomic mass is 16.7. The molecule has 0 spiro atoms. The Balaban J connectivity index is 1.53. The summed E-state index contributed by atoms with van der Waals surface area (Å²) in [5.74, 6) is 1.19. The molecule has 3 aliphatic rings. The molecule has 2 saturated heterocycles. The predicted molar refractivity (Wildman–Crippen MR) is 74.1 cm³/mol. The van der Waals surface area contributed by atoms with Gasteiger partial charge < -0.3 is 14.9 Å². The van der Waals surface area contributed by atoms with Gasteiger partial charge in [0.1, 0.15) is 6.10 Å². The van der Waals surface area contributed by atoms with E-state index in [2.05, 4.69) is 22.3 Å². The summed E-state index contributed by atoms with van der Waals surface area (Å²) in [6.07, 6.45) is 5.25. The average Bonchev–Trinajstić information content (AvgIpc) is 2.86. The van der Waals surface area contributed by atoms with Crippen molar-refractivity contribution >= 4 is 5.90 Å². The van der Waals surface area contributed by atoms with Crippen molar-refractivity contribution < 1.29 is 9.57 Å². The van der Waals surface area contributed by atoms with Crippen LogP contribution in [0.1, 0.15) is 32.6 Å². The number of rotatable bonds is 3. The molecule has 0 amide bonds. The second kappa shape index (κ2) is 6.09. The zero-order chi connectivity index (χ0) is 13.1. The number of nitrogens with one attached hydrogen (secondary N) is 1. The Bertz CT molecular complexity index is 329. The fraction of sp³-hybridized carbons (Fsp3) is 0.929. The molecule has 3 unspecified atom stereocenters. The number of nitrogens with zero attached hydrogens (tertiary/aromatic N) is 2. The van der Waals surface area contributed by atoms with Crippen molar-refractivity contribution in [2.45, 2.75) is 44.8 Å². The van der Waals surface area contributed by atoms with Crippen molar-refractivity contribution in [2.75, 3.05) is 32.8 Å². The standard InChI is InChI=1S/C14H25N3O2/c1-11-13(5-6-15-11)14-16-18-10-12(19-14)9-17-7-3-2-4-8-17/h11-13,15H,2-10H2,1H3. The van der Waals surface area contributed by atoms with Crippen LogP contribution in [0.3, 0.4) is 0 Å². The lowest BCUT2D eigenvalue weighted by molar-refractivity contribution is -0.0155. The lowest BCUT2D eigenvalue weighted by Crippen LogP contribution is -2.43. The highest BCUT2D eigenvalue weighted by Crippen LogP contribution is 2.22.